The number of Topliss-reactive ketones (excluding diaryl/α,β-unsaturated/α-hetero) is 1. The Hall–Kier alpha value is 0.0400. The first-order valence-electron chi connectivity index (χ1n) is 2.88. The topological polar surface area (TPSA) is 20.3 Å². The molecule has 1 aliphatic heterocycles. The molecule has 0 fully saturated rings. The minimum atomic E-state index is -0.000579. The van der Waals surface area contributed by atoms with Crippen LogP contribution in [0.1, 0.15) is 0 Å². The number of hydrogen-bond donors (Lipinski definition) is 0. The van der Waals surface area contributed by atoms with Crippen molar-refractivity contribution in [1.29, 1.82) is 0 Å². The molecule has 1 unspecified atom stereocenters. The molecule has 0 amide bonds. The molecule has 0 aromatic heterocycles. The predicted molar refractivity (Wildman–Crippen MR) is 47.1 cm³/mol. The number of rotatable bonds is 2. The van der Waals surface area contributed by atoms with E-state index in [0.717, 1.165) is 0 Å². The molecule has 0 radical (unpaired) electrons. The summed E-state index contributed by atoms with van der Waals surface area (Å²) in [7, 11) is 1.90. The van der Waals surface area contributed by atoms with Crippen LogP contribution in [0.2, 0.25) is 0 Å². The summed E-state index contributed by atoms with van der Waals surface area (Å²) in [6.07, 6.45) is 1.91. The van der Waals surface area contributed by atoms with Crippen LogP contribution in [-0.2, 0) is 4.79 Å². The van der Waals surface area contributed by atoms with E-state index in [1.165, 1.54) is 0 Å². The van der Waals surface area contributed by atoms with E-state index in [0.29, 0.717) is 5.33 Å². The smallest absolute Gasteiger partial charge is 0.176 e. The van der Waals surface area contributed by atoms with Gasteiger partial charge in [0.15, 0.2) is 5.78 Å². The van der Waals surface area contributed by atoms with Crippen molar-refractivity contribution in [1.82, 2.24) is 4.90 Å². The highest BCUT2D eigenvalue weighted by molar-refractivity contribution is 9.09. The lowest BCUT2D eigenvalue weighted by atomic mass is 10.4. The zero-order valence-electron chi connectivity index (χ0n) is 5.58. The van der Waals surface area contributed by atoms with Gasteiger partial charge in [-0.3, -0.25) is 4.79 Å². The van der Waals surface area contributed by atoms with Crippen LogP contribution >= 0.6 is 27.7 Å². The number of ketones is 1. The van der Waals surface area contributed by atoms with Gasteiger partial charge in [0.25, 0.3) is 0 Å². The molecule has 0 aliphatic carbocycles. The number of carbonyl (C=O) groups is 1. The Labute approximate surface area is 72.8 Å². The maximum atomic E-state index is 11.1. The fraction of sp³-hybridized carbons (Fsp3) is 0.500. The van der Waals surface area contributed by atoms with Crippen molar-refractivity contribution in [3.8, 4) is 0 Å². The first-order chi connectivity index (χ1) is 4.75. The normalized spacial score (nSPS) is 23.8. The minimum absolute atomic E-state index is 0.000579. The van der Waals surface area contributed by atoms with Gasteiger partial charge in [0, 0.05) is 13.2 Å². The number of likely N-dealkylation sites (N-methyl/N-ethyl adjacent to an activating group) is 1. The molecule has 0 aromatic rings. The van der Waals surface area contributed by atoms with Gasteiger partial charge in [0.2, 0.25) is 0 Å². The van der Waals surface area contributed by atoms with Crippen LogP contribution < -0.4 is 0 Å². The van der Waals surface area contributed by atoms with Gasteiger partial charge in [0.05, 0.1) is 5.33 Å². The summed E-state index contributed by atoms with van der Waals surface area (Å²) in [6.45, 7) is 0. The molecule has 0 aromatic carbocycles. The molecule has 1 heterocycles. The first kappa shape index (κ1) is 8.14. The Morgan fingerprint density at radius 3 is 3.00 bits per heavy atom. The Bertz CT molecular complexity index is 171. The van der Waals surface area contributed by atoms with Crippen molar-refractivity contribution in [3.63, 3.8) is 0 Å². The van der Waals surface area contributed by atoms with Crippen LogP contribution in [0.5, 0.6) is 0 Å². The van der Waals surface area contributed by atoms with Gasteiger partial charge >= 0.3 is 0 Å². The van der Waals surface area contributed by atoms with Crippen LogP contribution in [0.3, 0.4) is 0 Å². The molecule has 10 heavy (non-hydrogen) atoms. The summed E-state index contributed by atoms with van der Waals surface area (Å²) in [5.74, 6) is 0.220. The minimum Gasteiger partial charge on any atom is -0.361 e. The van der Waals surface area contributed by atoms with E-state index in [1.807, 2.05) is 23.6 Å². The Morgan fingerprint density at radius 1 is 1.90 bits per heavy atom. The highest BCUT2D eigenvalue weighted by Gasteiger charge is 2.22. The van der Waals surface area contributed by atoms with Gasteiger partial charge in [-0.2, -0.15) is 0 Å². The predicted octanol–water partition coefficient (Wildman–Crippen LogP) is 1.43. The van der Waals surface area contributed by atoms with Crippen molar-refractivity contribution in [3.05, 3.63) is 11.6 Å². The zero-order valence-corrected chi connectivity index (χ0v) is 7.98. The van der Waals surface area contributed by atoms with E-state index in [4.69, 9.17) is 0 Å². The highest BCUT2D eigenvalue weighted by Crippen LogP contribution is 2.24. The van der Waals surface area contributed by atoms with E-state index in [1.54, 1.807) is 11.8 Å². The number of halogens is 1. The quantitative estimate of drug-likeness (QED) is 0.659. The summed E-state index contributed by atoms with van der Waals surface area (Å²) in [5.41, 5.74) is 0. The van der Waals surface area contributed by atoms with Crippen LogP contribution in [-0.4, -0.2) is 28.4 Å². The lowest BCUT2D eigenvalue weighted by molar-refractivity contribution is -0.117. The second-order valence-electron chi connectivity index (χ2n) is 2.04. The van der Waals surface area contributed by atoms with Crippen LogP contribution in [0, 0.1) is 0 Å². The Balaban J connectivity index is 2.51. The molecule has 0 saturated heterocycles. The molecule has 0 N–H and O–H groups in total. The fourth-order valence-electron chi connectivity index (χ4n) is 0.749. The summed E-state index contributed by atoms with van der Waals surface area (Å²) in [4.78, 5) is 13.0. The second-order valence-corrected chi connectivity index (χ2v) is 3.59. The van der Waals surface area contributed by atoms with Crippen LogP contribution in [0.25, 0.3) is 0 Å². The monoisotopic (exact) mass is 221 g/mol. The molecule has 1 atom stereocenters. The molecule has 1 aliphatic rings. The molecule has 0 bridgehead atoms. The summed E-state index contributed by atoms with van der Waals surface area (Å²) in [5, 5.41) is 2.38. The van der Waals surface area contributed by atoms with E-state index in [9.17, 15) is 4.79 Å². The van der Waals surface area contributed by atoms with E-state index in [-0.39, 0.29) is 11.2 Å². The standard InChI is InChI=1S/C6H8BrNOS/c1-8-2-3-10-6(8)5(9)4-7/h2-3,6H,4H2,1H3. The molecule has 2 nitrogen and oxygen atoms in total. The molecule has 1 rings (SSSR count). The summed E-state index contributed by atoms with van der Waals surface area (Å²) >= 11 is 4.68. The van der Waals surface area contributed by atoms with Gasteiger partial charge < -0.3 is 4.90 Å². The number of hydrogen-bond acceptors (Lipinski definition) is 3. The van der Waals surface area contributed by atoms with Crippen LogP contribution in [0.15, 0.2) is 11.6 Å². The molecule has 0 spiro atoms. The number of nitrogens with zero attached hydrogens (tertiary/aromatic N) is 1. The van der Waals surface area contributed by atoms with Crippen molar-refractivity contribution in [2.24, 2.45) is 0 Å². The maximum Gasteiger partial charge on any atom is 0.176 e. The third-order valence-electron chi connectivity index (χ3n) is 1.28. The number of alkyl halides is 1. The van der Waals surface area contributed by atoms with Crippen molar-refractivity contribution >= 4 is 33.5 Å². The van der Waals surface area contributed by atoms with Gasteiger partial charge in [-0.05, 0) is 5.41 Å². The van der Waals surface area contributed by atoms with Gasteiger partial charge in [-0.25, -0.2) is 0 Å². The van der Waals surface area contributed by atoms with Gasteiger partial charge in [0.1, 0.15) is 5.37 Å². The molecule has 56 valence electrons. The van der Waals surface area contributed by atoms with Crippen molar-refractivity contribution < 1.29 is 4.79 Å². The van der Waals surface area contributed by atoms with E-state index in [2.05, 4.69) is 15.9 Å². The summed E-state index contributed by atoms with van der Waals surface area (Å²) < 4.78 is 0. The number of thioether (sulfide) groups is 1. The average molecular weight is 222 g/mol. The summed E-state index contributed by atoms with van der Waals surface area (Å²) in [6, 6.07) is 0. The van der Waals surface area contributed by atoms with Crippen molar-refractivity contribution in [2.45, 2.75) is 5.37 Å². The largest absolute Gasteiger partial charge is 0.361 e. The Kier molecular flexibility index (Phi) is 2.80. The average Bonchev–Trinajstić information content (AvgIpc) is 2.34. The SMILES string of the molecule is CN1C=CSC1C(=O)CBr. The Morgan fingerprint density at radius 2 is 2.60 bits per heavy atom. The lowest BCUT2D eigenvalue weighted by Gasteiger charge is -2.16. The fourth-order valence-corrected chi connectivity index (χ4v) is 2.18. The van der Waals surface area contributed by atoms with Gasteiger partial charge in [-0.15, -0.1) is 0 Å². The molecular formula is C6H8BrNOS. The lowest BCUT2D eigenvalue weighted by Crippen LogP contribution is -2.29. The maximum absolute atomic E-state index is 11.1. The van der Waals surface area contributed by atoms with Gasteiger partial charge in [-0.1, -0.05) is 27.7 Å². The molecule has 4 heteroatoms. The number of carbonyl (C=O) groups excluding carboxylic acids is 1. The van der Waals surface area contributed by atoms with E-state index >= 15 is 0 Å². The molecular weight excluding hydrogens is 214 g/mol. The molecule has 0 saturated carbocycles. The van der Waals surface area contributed by atoms with Crippen LogP contribution in [0.4, 0.5) is 0 Å². The second kappa shape index (κ2) is 3.44. The highest BCUT2D eigenvalue weighted by atomic mass is 79.9. The third kappa shape index (κ3) is 1.55. The zero-order chi connectivity index (χ0) is 7.56. The first-order valence-corrected chi connectivity index (χ1v) is 4.95. The van der Waals surface area contributed by atoms with Crippen molar-refractivity contribution in [2.75, 3.05) is 12.4 Å². The third-order valence-corrected chi connectivity index (χ3v) is 2.97. The van der Waals surface area contributed by atoms with E-state index < -0.39 is 0 Å².